The number of nitrogens with one attached hydrogen (secondary N) is 1. The predicted octanol–water partition coefficient (Wildman–Crippen LogP) is 2.95. The Morgan fingerprint density at radius 2 is 2.10 bits per heavy atom. The van der Waals surface area contributed by atoms with Gasteiger partial charge in [-0.2, -0.15) is 0 Å². The molecule has 1 aliphatic rings. The van der Waals surface area contributed by atoms with Crippen molar-refractivity contribution in [2.45, 2.75) is 26.2 Å². The van der Waals surface area contributed by atoms with Gasteiger partial charge in [0.05, 0.1) is 17.9 Å². The zero-order valence-electron chi connectivity index (χ0n) is 11.3. The molecule has 0 saturated carbocycles. The Labute approximate surface area is 117 Å². The lowest BCUT2D eigenvalue weighted by Gasteiger charge is -2.13. The van der Waals surface area contributed by atoms with E-state index in [9.17, 15) is 15.0 Å². The van der Waals surface area contributed by atoms with E-state index in [-0.39, 0.29) is 23.8 Å². The van der Waals surface area contributed by atoms with Gasteiger partial charge in [-0.25, -0.2) is 0 Å². The van der Waals surface area contributed by atoms with Crippen molar-refractivity contribution in [2.24, 2.45) is 0 Å². The van der Waals surface area contributed by atoms with Crippen LogP contribution in [0, 0.1) is 6.92 Å². The van der Waals surface area contributed by atoms with Crippen LogP contribution in [0.25, 0.3) is 0 Å². The highest BCUT2D eigenvalue weighted by molar-refractivity contribution is 5.93. The second-order valence-corrected chi connectivity index (χ2v) is 4.90. The molecule has 20 heavy (non-hydrogen) atoms. The number of amides is 1. The molecule has 106 valence electrons. The topological polar surface area (TPSA) is 95.6 Å². The molecular formula is C15H18N2O3. The fourth-order valence-electron chi connectivity index (χ4n) is 2.01. The van der Waals surface area contributed by atoms with Gasteiger partial charge in [0.1, 0.15) is 0 Å². The molecule has 1 aromatic carbocycles. The first-order valence-electron chi connectivity index (χ1n) is 6.42. The third kappa shape index (κ3) is 3.32. The highest BCUT2D eigenvalue weighted by atomic mass is 16.3. The minimum atomic E-state index is -0.263. The van der Waals surface area contributed by atoms with Gasteiger partial charge in [0.2, 0.25) is 5.91 Å². The summed E-state index contributed by atoms with van der Waals surface area (Å²) in [4.78, 5) is 11.9. The summed E-state index contributed by atoms with van der Waals surface area (Å²) in [7, 11) is 0. The minimum absolute atomic E-state index is 0.0175. The number of benzene rings is 1. The predicted molar refractivity (Wildman–Crippen MR) is 78.4 cm³/mol. The van der Waals surface area contributed by atoms with Gasteiger partial charge in [0.25, 0.3) is 0 Å². The van der Waals surface area contributed by atoms with E-state index in [0.29, 0.717) is 29.8 Å². The fourth-order valence-corrected chi connectivity index (χ4v) is 2.01. The van der Waals surface area contributed by atoms with Crippen molar-refractivity contribution in [2.75, 3.05) is 11.1 Å². The molecule has 0 fully saturated rings. The SMILES string of the molecule is Cc1ccc(NC(=O)CC2=C(O)CCC(O)=C2)cc1N. The summed E-state index contributed by atoms with van der Waals surface area (Å²) in [5.74, 6) is 0.0762. The lowest BCUT2D eigenvalue weighted by molar-refractivity contribution is -0.115. The van der Waals surface area contributed by atoms with Gasteiger partial charge in [0.15, 0.2) is 0 Å². The molecule has 1 aliphatic carbocycles. The number of hydrogen-bond acceptors (Lipinski definition) is 4. The van der Waals surface area contributed by atoms with Crippen molar-refractivity contribution in [3.8, 4) is 0 Å². The lowest BCUT2D eigenvalue weighted by Crippen LogP contribution is -2.14. The Hall–Kier alpha value is -2.43. The quantitative estimate of drug-likeness (QED) is 0.637. The summed E-state index contributed by atoms with van der Waals surface area (Å²) in [6, 6.07) is 5.29. The first kappa shape index (κ1) is 14.0. The molecule has 5 heteroatoms. The molecular weight excluding hydrogens is 256 g/mol. The van der Waals surface area contributed by atoms with Crippen LogP contribution < -0.4 is 11.1 Å². The van der Waals surface area contributed by atoms with Gasteiger partial charge in [-0.1, -0.05) is 6.07 Å². The van der Waals surface area contributed by atoms with Crippen LogP contribution in [0.3, 0.4) is 0 Å². The standard InChI is InChI=1S/C15H18N2O3/c1-9-2-3-11(8-13(9)16)17-15(20)7-10-6-12(18)4-5-14(10)19/h2-3,6,8,18-19H,4-5,7,16H2,1H3,(H,17,20). The maximum Gasteiger partial charge on any atom is 0.228 e. The van der Waals surface area contributed by atoms with E-state index in [1.807, 2.05) is 13.0 Å². The second kappa shape index (κ2) is 5.69. The van der Waals surface area contributed by atoms with Crippen molar-refractivity contribution >= 4 is 17.3 Å². The average Bonchev–Trinajstić information content (AvgIpc) is 2.38. The molecule has 5 N–H and O–H groups in total. The largest absolute Gasteiger partial charge is 0.512 e. The molecule has 1 amide bonds. The average molecular weight is 274 g/mol. The van der Waals surface area contributed by atoms with Crippen molar-refractivity contribution in [1.29, 1.82) is 0 Å². The van der Waals surface area contributed by atoms with Crippen LogP contribution in [0.15, 0.2) is 41.4 Å². The van der Waals surface area contributed by atoms with Crippen molar-refractivity contribution < 1.29 is 15.0 Å². The van der Waals surface area contributed by atoms with Crippen LogP contribution in [0.2, 0.25) is 0 Å². The van der Waals surface area contributed by atoms with Crippen molar-refractivity contribution in [3.05, 3.63) is 46.9 Å². The zero-order chi connectivity index (χ0) is 14.7. The van der Waals surface area contributed by atoms with E-state index in [1.54, 1.807) is 12.1 Å². The normalized spacial score (nSPS) is 14.9. The van der Waals surface area contributed by atoms with Crippen LogP contribution in [0.1, 0.15) is 24.8 Å². The number of nitrogens with two attached hydrogens (primary N) is 1. The van der Waals surface area contributed by atoms with E-state index < -0.39 is 0 Å². The smallest absolute Gasteiger partial charge is 0.228 e. The Kier molecular flexibility index (Phi) is 3.98. The summed E-state index contributed by atoms with van der Waals surface area (Å²) in [5.41, 5.74) is 8.40. The molecule has 0 spiro atoms. The Morgan fingerprint density at radius 3 is 2.80 bits per heavy atom. The van der Waals surface area contributed by atoms with Crippen LogP contribution >= 0.6 is 0 Å². The summed E-state index contributed by atoms with van der Waals surface area (Å²) >= 11 is 0. The number of aryl methyl sites for hydroxylation is 1. The molecule has 0 aromatic heterocycles. The Morgan fingerprint density at radius 1 is 1.35 bits per heavy atom. The molecule has 0 atom stereocenters. The first-order valence-corrected chi connectivity index (χ1v) is 6.42. The van der Waals surface area contributed by atoms with E-state index in [4.69, 9.17) is 5.73 Å². The fraction of sp³-hybridized carbons (Fsp3) is 0.267. The van der Waals surface area contributed by atoms with Gasteiger partial charge < -0.3 is 21.3 Å². The van der Waals surface area contributed by atoms with E-state index in [0.717, 1.165) is 5.56 Å². The van der Waals surface area contributed by atoms with E-state index >= 15 is 0 Å². The number of aliphatic hydroxyl groups excluding tert-OH is 2. The summed E-state index contributed by atoms with van der Waals surface area (Å²) in [6.45, 7) is 1.89. The third-order valence-electron chi connectivity index (χ3n) is 3.24. The molecule has 0 bridgehead atoms. The van der Waals surface area contributed by atoms with Gasteiger partial charge in [-0.15, -0.1) is 0 Å². The lowest BCUT2D eigenvalue weighted by atomic mass is 10.0. The molecule has 0 aliphatic heterocycles. The highest BCUT2D eigenvalue weighted by Gasteiger charge is 2.15. The number of hydrogen-bond donors (Lipinski definition) is 4. The highest BCUT2D eigenvalue weighted by Crippen LogP contribution is 2.24. The number of rotatable bonds is 3. The zero-order valence-corrected chi connectivity index (χ0v) is 11.3. The molecule has 0 heterocycles. The van der Waals surface area contributed by atoms with Crippen LogP contribution in [0.4, 0.5) is 11.4 Å². The van der Waals surface area contributed by atoms with Gasteiger partial charge in [-0.3, -0.25) is 4.79 Å². The first-order chi connectivity index (χ1) is 9.45. The number of anilines is 2. The summed E-state index contributed by atoms with van der Waals surface area (Å²) < 4.78 is 0. The Bertz CT molecular complexity index is 603. The number of carbonyl (C=O) groups is 1. The van der Waals surface area contributed by atoms with E-state index in [1.165, 1.54) is 6.08 Å². The molecule has 1 aromatic rings. The number of carbonyl (C=O) groups excluding carboxylic acids is 1. The Balaban J connectivity index is 2.04. The number of aliphatic hydroxyl groups is 2. The summed E-state index contributed by atoms with van der Waals surface area (Å²) in [6.07, 6.45) is 2.24. The third-order valence-corrected chi connectivity index (χ3v) is 3.24. The number of allylic oxidation sites excluding steroid dienone is 3. The van der Waals surface area contributed by atoms with Crippen LogP contribution in [-0.4, -0.2) is 16.1 Å². The van der Waals surface area contributed by atoms with Gasteiger partial charge >= 0.3 is 0 Å². The second-order valence-electron chi connectivity index (χ2n) is 4.90. The van der Waals surface area contributed by atoms with Gasteiger partial charge in [0, 0.05) is 29.8 Å². The van der Waals surface area contributed by atoms with Crippen molar-refractivity contribution in [3.63, 3.8) is 0 Å². The molecule has 0 unspecified atom stereocenters. The monoisotopic (exact) mass is 274 g/mol. The molecule has 2 rings (SSSR count). The van der Waals surface area contributed by atoms with E-state index in [2.05, 4.69) is 5.32 Å². The maximum absolute atomic E-state index is 11.9. The summed E-state index contributed by atoms with van der Waals surface area (Å²) in [5, 5.41) is 21.9. The number of nitrogen functional groups attached to an aromatic ring is 1. The van der Waals surface area contributed by atoms with Crippen LogP contribution in [-0.2, 0) is 4.79 Å². The van der Waals surface area contributed by atoms with Gasteiger partial charge in [-0.05, 0) is 30.7 Å². The molecule has 0 saturated heterocycles. The van der Waals surface area contributed by atoms with Crippen LogP contribution in [0.5, 0.6) is 0 Å². The maximum atomic E-state index is 11.9. The molecule has 5 nitrogen and oxygen atoms in total. The van der Waals surface area contributed by atoms with Crippen molar-refractivity contribution in [1.82, 2.24) is 0 Å². The molecule has 0 radical (unpaired) electrons. The minimum Gasteiger partial charge on any atom is -0.512 e.